The maximum Gasteiger partial charge on any atom is 0.246 e. The zero-order chi connectivity index (χ0) is 28.0. The summed E-state index contributed by atoms with van der Waals surface area (Å²) >= 11 is 0. The van der Waals surface area contributed by atoms with Crippen molar-refractivity contribution in [2.75, 3.05) is 6.54 Å². The molecule has 2 aliphatic rings. The van der Waals surface area contributed by atoms with Crippen LogP contribution in [0.4, 0.5) is 8.78 Å². The van der Waals surface area contributed by atoms with Gasteiger partial charge in [0, 0.05) is 12.0 Å². The van der Waals surface area contributed by atoms with Gasteiger partial charge in [-0.25, -0.2) is 14.4 Å². The number of imidazole rings is 1. The lowest BCUT2D eigenvalue weighted by Gasteiger charge is -2.29. The molecule has 2 aromatic carbocycles. The van der Waals surface area contributed by atoms with Crippen LogP contribution in [0.5, 0.6) is 0 Å². The first-order valence-electron chi connectivity index (χ1n) is 13.6. The second kappa shape index (κ2) is 10.1. The van der Waals surface area contributed by atoms with E-state index in [1.807, 2.05) is 61.5 Å². The molecule has 0 unspecified atom stereocenters. The maximum atomic E-state index is 15.1. The van der Waals surface area contributed by atoms with E-state index in [1.165, 1.54) is 4.90 Å². The molecule has 9 heteroatoms. The Morgan fingerprint density at radius 3 is 2.50 bits per heavy atom. The van der Waals surface area contributed by atoms with Crippen molar-refractivity contribution in [2.24, 2.45) is 0 Å². The van der Waals surface area contributed by atoms with Gasteiger partial charge in [0.1, 0.15) is 18.3 Å². The number of amides is 2. The number of halogens is 2. The summed E-state index contributed by atoms with van der Waals surface area (Å²) in [5, 5.41) is 2.95. The normalized spacial score (nSPS) is 21.2. The molecule has 2 fully saturated rings. The number of likely N-dealkylation sites (tertiary alicyclic amines) is 1. The van der Waals surface area contributed by atoms with Crippen molar-refractivity contribution in [3.8, 4) is 0 Å². The van der Waals surface area contributed by atoms with Crippen LogP contribution in [-0.4, -0.2) is 50.0 Å². The van der Waals surface area contributed by atoms with Gasteiger partial charge in [0.25, 0.3) is 0 Å². The highest BCUT2D eigenvalue weighted by atomic mass is 19.1. The number of rotatable bonds is 7. The van der Waals surface area contributed by atoms with Crippen LogP contribution >= 0.6 is 0 Å². The van der Waals surface area contributed by atoms with E-state index >= 15 is 4.39 Å². The molecule has 6 rings (SSSR count). The fourth-order valence-electron chi connectivity index (χ4n) is 5.65. The average molecular weight is 544 g/mol. The van der Waals surface area contributed by atoms with Gasteiger partial charge in [-0.1, -0.05) is 55.5 Å². The number of carbonyl (C=O) groups excluding carboxylic acids is 2. The van der Waals surface area contributed by atoms with Crippen LogP contribution in [-0.2, 0) is 15.0 Å². The highest BCUT2D eigenvalue weighted by Crippen LogP contribution is 2.48. The molecule has 1 saturated carbocycles. The summed E-state index contributed by atoms with van der Waals surface area (Å²) in [5.41, 5.74) is 2.95. The van der Waals surface area contributed by atoms with Crippen molar-refractivity contribution in [2.45, 2.75) is 62.8 Å². The Hall–Kier alpha value is -4.14. The van der Waals surface area contributed by atoms with Crippen LogP contribution in [0.15, 0.2) is 73.1 Å². The summed E-state index contributed by atoms with van der Waals surface area (Å²) in [6.07, 6.45) is 1.95. The monoisotopic (exact) mass is 543 g/mol. The summed E-state index contributed by atoms with van der Waals surface area (Å²) in [4.78, 5) is 37.2. The number of pyridine rings is 1. The Morgan fingerprint density at radius 2 is 1.77 bits per heavy atom. The van der Waals surface area contributed by atoms with Gasteiger partial charge in [-0.15, -0.1) is 0 Å². The molecule has 0 radical (unpaired) electrons. The number of benzene rings is 2. The minimum Gasteiger partial charge on any atom is -0.342 e. The Balaban J connectivity index is 1.27. The van der Waals surface area contributed by atoms with Crippen molar-refractivity contribution >= 4 is 22.8 Å². The SMILES string of the molecule is C[C@H](C(=O)N1C[C@H](F)C[C@H]1C(=O)N[C@@H](c1ccccc1)c1ccc(C2(C)CC2)c(F)n1)n1cnc2ccccc21. The molecular formula is C31H31F2N5O2. The smallest absolute Gasteiger partial charge is 0.246 e. The van der Waals surface area contributed by atoms with Crippen molar-refractivity contribution in [3.63, 3.8) is 0 Å². The van der Waals surface area contributed by atoms with E-state index < -0.39 is 36.2 Å². The van der Waals surface area contributed by atoms with Gasteiger partial charge in [-0.3, -0.25) is 9.59 Å². The molecule has 1 aliphatic heterocycles. The fraction of sp³-hybridized carbons (Fsp3) is 0.355. The van der Waals surface area contributed by atoms with Gasteiger partial charge in [0.2, 0.25) is 17.8 Å². The van der Waals surface area contributed by atoms with Gasteiger partial charge in [-0.05, 0) is 48.9 Å². The largest absolute Gasteiger partial charge is 0.342 e. The molecule has 1 aliphatic carbocycles. The Labute approximate surface area is 231 Å². The Bertz CT molecular complexity index is 1570. The topological polar surface area (TPSA) is 80.1 Å². The molecule has 4 aromatic rings. The van der Waals surface area contributed by atoms with Crippen LogP contribution in [0.25, 0.3) is 11.0 Å². The predicted molar refractivity (Wildman–Crippen MR) is 147 cm³/mol. The summed E-state index contributed by atoms with van der Waals surface area (Å²) in [7, 11) is 0. The predicted octanol–water partition coefficient (Wildman–Crippen LogP) is 5.03. The molecule has 7 nitrogen and oxygen atoms in total. The van der Waals surface area contributed by atoms with Gasteiger partial charge >= 0.3 is 0 Å². The molecule has 3 heterocycles. The van der Waals surface area contributed by atoms with Gasteiger partial charge in [0.05, 0.1) is 35.6 Å². The lowest BCUT2D eigenvalue weighted by atomic mass is 9.97. The number of nitrogens with zero attached hydrogens (tertiary/aromatic N) is 4. The number of alkyl halides is 1. The van der Waals surface area contributed by atoms with E-state index in [-0.39, 0.29) is 24.3 Å². The molecule has 0 spiro atoms. The molecule has 2 amide bonds. The van der Waals surface area contributed by atoms with Crippen molar-refractivity contribution < 1.29 is 18.4 Å². The van der Waals surface area contributed by atoms with E-state index in [4.69, 9.17) is 0 Å². The van der Waals surface area contributed by atoms with Gasteiger partial charge in [0.15, 0.2) is 0 Å². The summed E-state index contributed by atoms with van der Waals surface area (Å²) < 4.78 is 31.6. The Kier molecular flexibility index (Phi) is 6.60. The van der Waals surface area contributed by atoms with Crippen molar-refractivity contribution in [3.05, 3.63) is 95.8 Å². The average Bonchev–Trinajstić information content (AvgIpc) is 3.38. The van der Waals surface area contributed by atoms with Crippen LogP contribution in [0.1, 0.15) is 62.0 Å². The number of fused-ring (bicyclic) bond motifs is 1. The van der Waals surface area contributed by atoms with Crippen LogP contribution in [0.3, 0.4) is 0 Å². The number of hydrogen-bond acceptors (Lipinski definition) is 4. The zero-order valence-electron chi connectivity index (χ0n) is 22.4. The highest BCUT2D eigenvalue weighted by Gasteiger charge is 2.43. The number of carbonyl (C=O) groups is 2. The molecule has 206 valence electrons. The number of nitrogens with one attached hydrogen (secondary N) is 1. The molecular weight excluding hydrogens is 512 g/mol. The standard InChI is InChI=1S/C31H31F2N5O2/c1-19(38-18-34-23-10-6-7-11-25(23)38)30(40)37-17-21(32)16-26(37)29(39)36-27(20-8-4-3-5-9-20)24-13-12-22(28(33)35-24)31(2)14-15-31/h3-13,18-19,21,26-27H,14-17H2,1-2H3,(H,36,39)/t19-,21-,26+,27+/m1/s1. The third-order valence-electron chi connectivity index (χ3n) is 8.33. The lowest BCUT2D eigenvalue weighted by molar-refractivity contribution is -0.140. The molecule has 2 aromatic heterocycles. The number of para-hydroxylation sites is 2. The van der Waals surface area contributed by atoms with Crippen LogP contribution < -0.4 is 5.32 Å². The zero-order valence-corrected chi connectivity index (χ0v) is 22.4. The van der Waals surface area contributed by atoms with Crippen LogP contribution in [0, 0.1) is 5.95 Å². The third-order valence-corrected chi connectivity index (χ3v) is 8.33. The molecule has 4 atom stereocenters. The first kappa shape index (κ1) is 26.1. The molecule has 1 saturated heterocycles. The molecule has 0 bridgehead atoms. The van der Waals surface area contributed by atoms with Gasteiger partial charge in [-0.2, -0.15) is 4.39 Å². The van der Waals surface area contributed by atoms with E-state index in [0.717, 1.165) is 23.9 Å². The summed E-state index contributed by atoms with van der Waals surface area (Å²) in [6, 6.07) is 17.6. The number of aromatic nitrogens is 3. The number of hydrogen-bond donors (Lipinski definition) is 1. The van der Waals surface area contributed by atoms with Crippen molar-refractivity contribution in [1.29, 1.82) is 0 Å². The first-order chi connectivity index (χ1) is 19.2. The van der Waals surface area contributed by atoms with E-state index in [2.05, 4.69) is 15.3 Å². The maximum absolute atomic E-state index is 15.1. The van der Waals surface area contributed by atoms with Crippen molar-refractivity contribution in [1.82, 2.24) is 24.8 Å². The summed E-state index contributed by atoms with van der Waals surface area (Å²) in [5.74, 6) is -1.42. The quantitative estimate of drug-likeness (QED) is 0.332. The first-order valence-corrected chi connectivity index (χ1v) is 13.6. The minimum atomic E-state index is -1.34. The second-order valence-electron chi connectivity index (χ2n) is 11.1. The van der Waals surface area contributed by atoms with Gasteiger partial charge < -0.3 is 14.8 Å². The van der Waals surface area contributed by atoms with E-state index in [9.17, 15) is 14.0 Å². The summed E-state index contributed by atoms with van der Waals surface area (Å²) in [6.45, 7) is 3.55. The molecule has 40 heavy (non-hydrogen) atoms. The second-order valence-corrected chi connectivity index (χ2v) is 11.1. The third kappa shape index (κ3) is 4.74. The minimum absolute atomic E-state index is 0.116. The molecule has 1 N–H and O–H groups in total. The Morgan fingerprint density at radius 1 is 1.05 bits per heavy atom. The lowest BCUT2D eigenvalue weighted by Crippen LogP contribution is -2.48. The van der Waals surface area contributed by atoms with Crippen LogP contribution in [0.2, 0.25) is 0 Å². The fourth-order valence-corrected chi connectivity index (χ4v) is 5.65. The van der Waals surface area contributed by atoms with E-state index in [0.29, 0.717) is 16.8 Å². The van der Waals surface area contributed by atoms with E-state index in [1.54, 1.807) is 30.0 Å². The highest BCUT2D eigenvalue weighted by molar-refractivity contribution is 5.91.